The maximum atomic E-state index is 12.2. The molecule has 0 radical (unpaired) electrons. The number of hydrogen-bond acceptors (Lipinski definition) is 5. The molecule has 6 nitrogen and oxygen atoms in total. The number of benzene rings is 2. The average Bonchev–Trinajstić information content (AvgIpc) is 3.54. The SMILES string of the molecule is CCCc1nc2ccc(C(c3ccc(Cl)cc3)c3nccs3)cc2n1C1CCN(C(=O)OCC)CC1. The third-order valence-electron chi connectivity index (χ3n) is 6.85. The van der Waals surface area contributed by atoms with Crippen LogP contribution in [-0.4, -0.2) is 45.2 Å². The Morgan fingerprint density at radius 2 is 1.89 bits per heavy atom. The molecule has 1 unspecified atom stereocenters. The van der Waals surface area contributed by atoms with Gasteiger partial charge in [0.05, 0.1) is 23.6 Å². The highest BCUT2D eigenvalue weighted by molar-refractivity contribution is 7.09. The van der Waals surface area contributed by atoms with E-state index in [9.17, 15) is 4.79 Å². The lowest BCUT2D eigenvalue weighted by molar-refractivity contribution is 0.0928. The summed E-state index contributed by atoms with van der Waals surface area (Å²) in [4.78, 5) is 23.8. The molecule has 2 aromatic heterocycles. The number of ether oxygens (including phenoxy) is 1. The van der Waals surface area contributed by atoms with Crippen LogP contribution < -0.4 is 0 Å². The number of imidazole rings is 1. The van der Waals surface area contributed by atoms with Crippen molar-refractivity contribution in [2.24, 2.45) is 0 Å². The summed E-state index contributed by atoms with van der Waals surface area (Å²) in [5, 5.41) is 3.81. The second kappa shape index (κ2) is 11.0. The summed E-state index contributed by atoms with van der Waals surface area (Å²) in [6, 6.07) is 15.0. The van der Waals surface area contributed by atoms with Crippen LogP contribution in [0.1, 0.15) is 67.0 Å². The number of hydrogen-bond donors (Lipinski definition) is 0. The van der Waals surface area contributed by atoms with Crippen molar-refractivity contribution >= 4 is 40.1 Å². The lowest BCUT2D eigenvalue weighted by atomic mass is 9.91. The van der Waals surface area contributed by atoms with E-state index >= 15 is 0 Å². The molecule has 3 heterocycles. The number of piperidine rings is 1. The third kappa shape index (κ3) is 5.00. The Kier molecular flexibility index (Phi) is 7.58. The fourth-order valence-electron chi connectivity index (χ4n) is 5.18. The van der Waals surface area contributed by atoms with Crippen molar-refractivity contribution in [1.82, 2.24) is 19.4 Å². The molecular weight excluding hydrogens is 492 g/mol. The number of aromatic nitrogens is 3. The van der Waals surface area contributed by atoms with Crippen LogP contribution in [-0.2, 0) is 11.2 Å². The summed E-state index contributed by atoms with van der Waals surface area (Å²) in [6.07, 6.45) is 5.38. The summed E-state index contributed by atoms with van der Waals surface area (Å²) in [5.41, 5.74) is 4.52. The highest BCUT2D eigenvalue weighted by Crippen LogP contribution is 2.37. The van der Waals surface area contributed by atoms with Crippen LogP contribution in [0.15, 0.2) is 54.0 Å². The third-order valence-corrected chi connectivity index (χ3v) is 7.94. The Morgan fingerprint density at radius 1 is 1.14 bits per heavy atom. The number of aryl methyl sites for hydroxylation is 1. The normalized spacial score (nSPS) is 15.4. The minimum atomic E-state index is -0.211. The van der Waals surface area contributed by atoms with Gasteiger partial charge in [0.15, 0.2) is 0 Å². The first-order chi connectivity index (χ1) is 17.6. The maximum Gasteiger partial charge on any atom is 0.409 e. The maximum absolute atomic E-state index is 12.2. The lowest BCUT2D eigenvalue weighted by Crippen LogP contribution is -2.39. The van der Waals surface area contributed by atoms with Crippen LogP contribution in [0.2, 0.25) is 5.02 Å². The second-order valence-electron chi connectivity index (χ2n) is 9.17. The molecule has 4 aromatic rings. The van der Waals surface area contributed by atoms with Crippen molar-refractivity contribution in [2.75, 3.05) is 19.7 Å². The van der Waals surface area contributed by atoms with E-state index in [1.165, 1.54) is 5.56 Å². The van der Waals surface area contributed by atoms with Crippen LogP contribution in [0, 0.1) is 0 Å². The van der Waals surface area contributed by atoms with Gasteiger partial charge in [-0.25, -0.2) is 14.8 Å². The number of rotatable bonds is 7. The molecule has 1 aliphatic heterocycles. The van der Waals surface area contributed by atoms with E-state index in [2.05, 4.69) is 46.8 Å². The van der Waals surface area contributed by atoms with Gasteiger partial charge in [0.25, 0.3) is 0 Å². The van der Waals surface area contributed by atoms with Crippen molar-refractivity contribution in [3.8, 4) is 0 Å². The van der Waals surface area contributed by atoms with E-state index in [1.54, 1.807) is 11.3 Å². The molecule has 0 bridgehead atoms. The van der Waals surface area contributed by atoms with E-state index in [1.807, 2.05) is 35.5 Å². The van der Waals surface area contributed by atoms with E-state index in [4.69, 9.17) is 21.3 Å². The minimum Gasteiger partial charge on any atom is -0.450 e. The molecule has 1 fully saturated rings. The van der Waals surface area contributed by atoms with Gasteiger partial charge in [-0.05, 0) is 61.6 Å². The Labute approximate surface area is 220 Å². The Morgan fingerprint density at radius 3 is 2.56 bits per heavy atom. The van der Waals surface area contributed by atoms with Gasteiger partial charge >= 0.3 is 6.09 Å². The Balaban J connectivity index is 1.54. The molecule has 0 spiro atoms. The van der Waals surface area contributed by atoms with Crippen molar-refractivity contribution in [2.45, 2.75) is 51.5 Å². The highest BCUT2D eigenvalue weighted by Gasteiger charge is 2.28. The van der Waals surface area contributed by atoms with Crippen LogP contribution in [0.25, 0.3) is 11.0 Å². The number of thiazole rings is 1. The smallest absolute Gasteiger partial charge is 0.409 e. The molecule has 36 heavy (non-hydrogen) atoms. The van der Waals surface area contributed by atoms with E-state index in [0.29, 0.717) is 25.7 Å². The van der Waals surface area contributed by atoms with Crippen LogP contribution >= 0.6 is 22.9 Å². The highest BCUT2D eigenvalue weighted by atomic mass is 35.5. The average molecular weight is 523 g/mol. The van der Waals surface area contributed by atoms with Crippen molar-refractivity contribution in [3.63, 3.8) is 0 Å². The monoisotopic (exact) mass is 522 g/mol. The van der Waals surface area contributed by atoms with E-state index < -0.39 is 0 Å². The standard InChI is InChI=1S/C28H31ClN4O2S/c1-3-5-25-31-23-11-8-20(26(27-30-14-17-36-27)19-6-9-21(29)10-7-19)18-24(23)33(25)22-12-15-32(16-13-22)28(34)35-4-2/h6-11,14,17-18,22,26H,3-5,12-13,15-16H2,1-2H3. The van der Waals surface area contributed by atoms with Crippen LogP contribution in [0.3, 0.4) is 0 Å². The molecule has 0 aliphatic carbocycles. The van der Waals surface area contributed by atoms with Gasteiger partial charge in [0, 0.05) is 42.2 Å². The molecule has 1 aliphatic rings. The summed E-state index contributed by atoms with van der Waals surface area (Å²) in [5.74, 6) is 1.15. The number of amides is 1. The topological polar surface area (TPSA) is 60.2 Å². The van der Waals surface area contributed by atoms with Gasteiger partial charge in [-0.1, -0.05) is 36.7 Å². The molecular formula is C28H31ClN4O2S. The minimum absolute atomic E-state index is 0.0234. The fourth-order valence-corrected chi connectivity index (χ4v) is 6.10. The Hall–Kier alpha value is -2.90. The first-order valence-corrected chi connectivity index (χ1v) is 13.9. The van der Waals surface area contributed by atoms with Gasteiger partial charge in [-0.2, -0.15) is 0 Å². The van der Waals surface area contributed by atoms with Gasteiger partial charge in [-0.15, -0.1) is 11.3 Å². The van der Waals surface area contributed by atoms with Gasteiger partial charge in [0.1, 0.15) is 10.8 Å². The van der Waals surface area contributed by atoms with E-state index in [-0.39, 0.29) is 12.0 Å². The molecule has 188 valence electrons. The van der Waals surface area contributed by atoms with Gasteiger partial charge in [-0.3, -0.25) is 0 Å². The molecule has 1 amide bonds. The molecule has 2 aromatic carbocycles. The summed E-state index contributed by atoms with van der Waals surface area (Å²) >= 11 is 7.86. The Bertz CT molecular complexity index is 1310. The quantitative estimate of drug-likeness (QED) is 0.260. The molecule has 1 saturated heterocycles. The molecule has 5 rings (SSSR count). The first kappa shape index (κ1) is 24.8. The number of carbonyl (C=O) groups is 1. The van der Waals surface area contributed by atoms with Gasteiger partial charge in [0.2, 0.25) is 0 Å². The summed E-state index contributed by atoms with van der Waals surface area (Å²) in [7, 11) is 0. The van der Waals surface area contributed by atoms with Crippen molar-refractivity contribution < 1.29 is 9.53 Å². The molecule has 8 heteroatoms. The zero-order valence-corrected chi connectivity index (χ0v) is 22.3. The zero-order chi connectivity index (χ0) is 25.1. The van der Waals surface area contributed by atoms with E-state index in [0.717, 1.165) is 58.1 Å². The largest absolute Gasteiger partial charge is 0.450 e. The number of halogens is 1. The summed E-state index contributed by atoms with van der Waals surface area (Å²) < 4.78 is 7.66. The number of carbonyl (C=O) groups excluding carboxylic acids is 1. The van der Waals surface area contributed by atoms with Crippen LogP contribution in [0.4, 0.5) is 4.79 Å². The van der Waals surface area contributed by atoms with Crippen molar-refractivity contribution in [3.05, 3.63) is 81.0 Å². The molecule has 0 saturated carbocycles. The second-order valence-corrected chi connectivity index (χ2v) is 10.5. The molecule has 0 N–H and O–H groups in total. The predicted molar refractivity (Wildman–Crippen MR) is 145 cm³/mol. The lowest BCUT2D eigenvalue weighted by Gasteiger charge is -2.33. The zero-order valence-electron chi connectivity index (χ0n) is 20.7. The number of fused-ring (bicyclic) bond motifs is 1. The van der Waals surface area contributed by atoms with Crippen molar-refractivity contribution in [1.29, 1.82) is 0 Å². The predicted octanol–water partition coefficient (Wildman–Crippen LogP) is 7.07. The first-order valence-electron chi connectivity index (χ1n) is 12.7. The molecule has 1 atom stereocenters. The number of nitrogens with zero attached hydrogens (tertiary/aromatic N) is 4. The number of likely N-dealkylation sites (tertiary alicyclic amines) is 1. The summed E-state index contributed by atoms with van der Waals surface area (Å²) in [6.45, 7) is 5.83. The van der Waals surface area contributed by atoms with Gasteiger partial charge < -0.3 is 14.2 Å². The fraction of sp³-hybridized carbons (Fsp3) is 0.393. The van der Waals surface area contributed by atoms with Crippen LogP contribution in [0.5, 0.6) is 0 Å².